The Kier molecular flexibility index (Phi) is 4.62. The Labute approximate surface area is 83.4 Å². The van der Waals surface area contributed by atoms with Gasteiger partial charge in [0.2, 0.25) is 6.08 Å². The maximum absolute atomic E-state index is 9.92. The predicted molar refractivity (Wildman–Crippen MR) is 53.8 cm³/mol. The van der Waals surface area contributed by atoms with E-state index in [-0.39, 0.29) is 0 Å². The lowest BCUT2D eigenvalue weighted by Gasteiger charge is -2.02. The number of isocyanates is 1. The number of aliphatic imine (C=N–C) groups is 1. The van der Waals surface area contributed by atoms with Crippen LogP contribution in [0.15, 0.2) is 29.3 Å². The van der Waals surface area contributed by atoms with Gasteiger partial charge in [-0.1, -0.05) is 24.3 Å². The molecule has 0 bridgehead atoms. The molecule has 0 fully saturated rings. The van der Waals surface area contributed by atoms with Crippen molar-refractivity contribution in [3.05, 3.63) is 35.4 Å². The van der Waals surface area contributed by atoms with Gasteiger partial charge < -0.3 is 4.74 Å². The first-order valence-corrected chi connectivity index (χ1v) is 4.47. The molecular formula is C11H13NO2. The Bertz CT molecular complexity index is 330. The van der Waals surface area contributed by atoms with E-state index in [0.717, 1.165) is 12.0 Å². The second-order valence-electron chi connectivity index (χ2n) is 2.97. The van der Waals surface area contributed by atoms with Crippen molar-refractivity contribution in [1.29, 1.82) is 0 Å². The van der Waals surface area contributed by atoms with Crippen molar-refractivity contribution in [3.63, 3.8) is 0 Å². The molecule has 14 heavy (non-hydrogen) atoms. The Morgan fingerprint density at radius 1 is 1.43 bits per heavy atom. The van der Waals surface area contributed by atoms with Crippen LogP contribution in [0.25, 0.3) is 0 Å². The summed E-state index contributed by atoms with van der Waals surface area (Å²) in [5.74, 6) is 0. The summed E-state index contributed by atoms with van der Waals surface area (Å²) in [5, 5.41) is 0. The Hall–Kier alpha value is -1.44. The van der Waals surface area contributed by atoms with E-state index >= 15 is 0 Å². The van der Waals surface area contributed by atoms with E-state index in [9.17, 15) is 4.79 Å². The zero-order valence-corrected chi connectivity index (χ0v) is 8.19. The molecule has 0 radical (unpaired) electrons. The summed E-state index contributed by atoms with van der Waals surface area (Å²) in [5.41, 5.74) is 2.23. The molecule has 0 amide bonds. The van der Waals surface area contributed by atoms with Crippen LogP contribution < -0.4 is 0 Å². The number of carbonyl (C=O) groups excluding carboxylic acids is 1. The van der Waals surface area contributed by atoms with Crippen LogP contribution in [0, 0.1) is 0 Å². The zero-order chi connectivity index (χ0) is 10.2. The fraction of sp³-hybridized carbons (Fsp3) is 0.364. The number of rotatable bonds is 5. The highest BCUT2D eigenvalue weighted by atomic mass is 16.5. The minimum atomic E-state index is 0.407. The predicted octanol–water partition coefficient (Wildman–Crippen LogP) is 1.71. The van der Waals surface area contributed by atoms with Crippen LogP contribution in [0.4, 0.5) is 0 Å². The molecule has 74 valence electrons. The van der Waals surface area contributed by atoms with Crippen molar-refractivity contribution in [2.45, 2.75) is 13.0 Å². The summed E-state index contributed by atoms with van der Waals surface area (Å²) in [7, 11) is 1.68. The molecule has 0 atom stereocenters. The van der Waals surface area contributed by atoms with Crippen molar-refractivity contribution in [1.82, 2.24) is 0 Å². The van der Waals surface area contributed by atoms with Crippen LogP contribution in [-0.2, 0) is 22.5 Å². The molecule has 0 N–H and O–H groups in total. The Morgan fingerprint density at radius 3 is 2.93 bits per heavy atom. The molecule has 3 nitrogen and oxygen atoms in total. The fourth-order valence-electron chi connectivity index (χ4n) is 1.23. The van der Waals surface area contributed by atoms with Gasteiger partial charge in [-0.05, 0) is 17.5 Å². The van der Waals surface area contributed by atoms with E-state index in [2.05, 4.69) is 4.99 Å². The van der Waals surface area contributed by atoms with Gasteiger partial charge in [-0.25, -0.2) is 9.79 Å². The molecule has 3 heteroatoms. The molecule has 0 aliphatic rings. The van der Waals surface area contributed by atoms with Crippen LogP contribution in [0.3, 0.4) is 0 Å². The third-order valence-electron chi connectivity index (χ3n) is 1.91. The highest BCUT2D eigenvalue weighted by Crippen LogP contribution is 2.07. The first-order chi connectivity index (χ1) is 6.86. The number of hydrogen-bond donors (Lipinski definition) is 0. The topological polar surface area (TPSA) is 38.7 Å². The first-order valence-electron chi connectivity index (χ1n) is 4.47. The van der Waals surface area contributed by atoms with Crippen molar-refractivity contribution >= 4 is 6.08 Å². The zero-order valence-electron chi connectivity index (χ0n) is 8.19. The minimum absolute atomic E-state index is 0.407. The van der Waals surface area contributed by atoms with E-state index < -0.39 is 0 Å². The van der Waals surface area contributed by atoms with E-state index in [0.29, 0.717) is 13.2 Å². The summed E-state index contributed by atoms with van der Waals surface area (Å²) < 4.78 is 4.98. The van der Waals surface area contributed by atoms with Gasteiger partial charge in [0.1, 0.15) is 0 Å². The molecule has 0 saturated carbocycles. The van der Waals surface area contributed by atoms with Gasteiger partial charge in [0, 0.05) is 7.11 Å². The molecular weight excluding hydrogens is 178 g/mol. The molecule has 0 aliphatic heterocycles. The van der Waals surface area contributed by atoms with E-state index in [4.69, 9.17) is 4.74 Å². The van der Waals surface area contributed by atoms with Crippen LogP contribution in [0.1, 0.15) is 11.1 Å². The van der Waals surface area contributed by atoms with Crippen LogP contribution >= 0.6 is 0 Å². The third-order valence-corrected chi connectivity index (χ3v) is 1.91. The molecule has 0 aromatic heterocycles. The lowest BCUT2D eigenvalue weighted by Crippen LogP contribution is -1.95. The number of methoxy groups -OCH3 is 1. The van der Waals surface area contributed by atoms with Gasteiger partial charge in [0.05, 0.1) is 13.2 Å². The molecule has 1 rings (SSSR count). The maximum atomic E-state index is 9.92. The molecule has 0 spiro atoms. The van der Waals surface area contributed by atoms with Crippen molar-refractivity contribution in [3.8, 4) is 0 Å². The normalized spacial score (nSPS) is 9.50. The summed E-state index contributed by atoms with van der Waals surface area (Å²) >= 11 is 0. The smallest absolute Gasteiger partial charge is 0.235 e. The SMILES string of the molecule is COCCc1cccc(CN=C=O)c1. The highest BCUT2D eigenvalue weighted by Gasteiger charge is 1.95. The summed E-state index contributed by atoms with van der Waals surface area (Å²) in [6, 6.07) is 7.96. The molecule has 1 aromatic rings. The second kappa shape index (κ2) is 6.08. The largest absolute Gasteiger partial charge is 0.384 e. The molecule has 0 aliphatic carbocycles. The molecule has 0 heterocycles. The van der Waals surface area contributed by atoms with Gasteiger partial charge in [-0.2, -0.15) is 0 Å². The third kappa shape index (κ3) is 3.52. The van der Waals surface area contributed by atoms with Crippen molar-refractivity contribution < 1.29 is 9.53 Å². The van der Waals surface area contributed by atoms with Gasteiger partial charge in [-0.15, -0.1) is 0 Å². The van der Waals surface area contributed by atoms with E-state index in [1.165, 1.54) is 11.6 Å². The maximum Gasteiger partial charge on any atom is 0.235 e. The van der Waals surface area contributed by atoms with Crippen LogP contribution in [-0.4, -0.2) is 19.8 Å². The van der Waals surface area contributed by atoms with E-state index in [1.807, 2.05) is 24.3 Å². The molecule has 1 aromatic carbocycles. The quantitative estimate of drug-likeness (QED) is 0.525. The lowest BCUT2D eigenvalue weighted by atomic mass is 10.1. The average Bonchev–Trinajstić information content (AvgIpc) is 2.24. The number of nitrogens with zero attached hydrogens (tertiary/aromatic N) is 1. The molecule has 0 saturated heterocycles. The van der Waals surface area contributed by atoms with Gasteiger partial charge >= 0.3 is 0 Å². The first kappa shape index (κ1) is 10.6. The van der Waals surface area contributed by atoms with Gasteiger partial charge in [0.25, 0.3) is 0 Å². The van der Waals surface area contributed by atoms with Crippen molar-refractivity contribution in [2.75, 3.05) is 13.7 Å². The standard InChI is InChI=1S/C11H13NO2/c1-14-6-5-10-3-2-4-11(7-10)8-12-9-13/h2-4,7H,5-6,8H2,1H3. The summed E-state index contributed by atoms with van der Waals surface area (Å²) in [4.78, 5) is 13.5. The second-order valence-corrected chi connectivity index (χ2v) is 2.97. The highest BCUT2D eigenvalue weighted by molar-refractivity contribution is 5.34. The number of ether oxygens (including phenoxy) is 1. The van der Waals surface area contributed by atoms with E-state index in [1.54, 1.807) is 7.11 Å². The Morgan fingerprint density at radius 2 is 2.21 bits per heavy atom. The Balaban J connectivity index is 2.63. The van der Waals surface area contributed by atoms with Crippen molar-refractivity contribution in [2.24, 2.45) is 4.99 Å². The number of benzene rings is 1. The average molecular weight is 191 g/mol. The fourth-order valence-corrected chi connectivity index (χ4v) is 1.23. The number of hydrogen-bond acceptors (Lipinski definition) is 3. The van der Waals surface area contributed by atoms with Crippen LogP contribution in [0.2, 0.25) is 0 Å². The van der Waals surface area contributed by atoms with Gasteiger partial charge in [-0.3, -0.25) is 0 Å². The minimum Gasteiger partial charge on any atom is -0.384 e. The monoisotopic (exact) mass is 191 g/mol. The lowest BCUT2D eigenvalue weighted by molar-refractivity contribution is 0.202. The van der Waals surface area contributed by atoms with Crippen LogP contribution in [0.5, 0.6) is 0 Å². The summed E-state index contributed by atoms with van der Waals surface area (Å²) in [6.07, 6.45) is 2.41. The molecule has 0 unspecified atom stereocenters. The summed E-state index contributed by atoms with van der Waals surface area (Å²) in [6.45, 7) is 1.12. The van der Waals surface area contributed by atoms with Gasteiger partial charge in [0.15, 0.2) is 0 Å².